The average Bonchev–Trinajstić information content (AvgIpc) is 2.94. The number of thiazole rings is 1. The molecule has 0 aliphatic heterocycles. The molecule has 0 unspecified atom stereocenters. The van der Waals surface area contributed by atoms with Gasteiger partial charge in [-0.25, -0.2) is 0 Å². The molecule has 0 fully saturated rings. The molecular weight excluding hydrogens is 372 g/mol. The van der Waals surface area contributed by atoms with Gasteiger partial charge in [0.2, 0.25) is 5.88 Å². The first kappa shape index (κ1) is 19.0. The molecule has 0 radical (unpaired) electrons. The predicted octanol–water partition coefficient (Wildman–Crippen LogP) is 6.31. The summed E-state index contributed by atoms with van der Waals surface area (Å²) in [5.74, 6) is 0.201. The summed E-state index contributed by atoms with van der Waals surface area (Å²) in [5, 5.41) is 10.4. The lowest BCUT2D eigenvalue weighted by Crippen LogP contribution is -1.98. The first-order chi connectivity index (χ1) is 13.1. The summed E-state index contributed by atoms with van der Waals surface area (Å²) in [6.07, 6.45) is 9.20. The smallest absolute Gasteiger partial charge is 0.210 e. The molecule has 1 N–H and O–H groups in total. The van der Waals surface area contributed by atoms with Gasteiger partial charge < -0.3 is 5.11 Å². The normalized spacial score (nSPS) is 11.9. The Morgan fingerprint density at radius 2 is 1.78 bits per heavy atom. The van der Waals surface area contributed by atoms with Crippen molar-refractivity contribution >= 4 is 41.5 Å². The minimum Gasteiger partial charge on any atom is -0.493 e. The lowest BCUT2D eigenvalue weighted by molar-refractivity contribution is 0.422. The molecular formula is C22H20N2OS2. The van der Waals surface area contributed by atoms with Crippen LogP contribution in [0.15, 0.2) is 77.8 Å². The Morgan fingerprint density at radius 3 is 2.52 bits per heavy atom. The number of aromatic nitrogens is 1. The number of allylic oxidation sites excluding steroid dienone is 3. The van der Waals surface area contributed by atoms with Crippen molar-refractivity contribution in [1.29, 1.82) is 0 Å². The predicted molar refractivity (Wildman–Crippen MR) is 118 cm³/mol. The zero-order valence-corrected chi connectivity index (χ0v) is 16.6. The topological polar surface area (TPSA) is 37.5 Å². The third kappa shape index (κ3) is 5.36. The largest absolute Gasteiger partial charge is 0.493 e. The molecule has 0 spiro atoms. The Balaban J connectivity index is 1.64. The lowest BCUT2D eigenvalue weighted by Gasteiger charge is -2.04. The van der Waals surface area contributed by atoms with E-state index in [0.717, 1.165) is 16.1 Å². The van der Waals surface area contributed by atoms with Crippen LogP contribution in [0.1, 0.15) is 16.0 Å². The second-order valence-electron chi connectivity index (χ2n) is 5.99. The highest BCUT2D eigenvalue weighted by atomic mass is 32.1. The van der Waals surface area contributed by atoms with Gasteiger partial charge in [-0.05, 0) is 49.0 Å². The van der Waals surface area contributed by atoms with Gasteiger partial charge in [0.1, 0.15) is 0 Å². The highest BCUT2D eigenvalue weighted by Gasteiger charge is 2.09. The highest BCUT2D eigenvalue weighted by Crippen LogP contribution is 2.28. The van der Waals surface area contributed by atoms with E-state index in [0.29, 0.717) is 10.5 Å². The summed E-state index contributed by atoms with van der Waals surface area (Å²) < 4.78 is 2.40. The van der Waals surface area contributed by atoms with Crippen molar-refractivity contribution in [3.05, 3.63) is 92.8 Å². The fraction of sp³-hybridized carbons (Fsp3) is 0.0909. The van der Waals surface area contributed by atoms with E-state index in [1.165, 1.54) is 16.9 Å². The molecule has 0 saturated heterocycles. The molecule has 2 aromatic carbocycles. The van der Waals surface area contributed by atoms with Gasteiger partial charge >= 0.3 is 0 Å². The first-order valence-electron chi connectivity index (χ1n) is 8.54. The van der Waals surface area contributed by atoms with Gasteiger partial charge in [0.05, 0.1) is 17.1 Å². The van der Waals surface area contributed by atoms with E-state index in [-0.39, 0.29) is 5.88 Å². The third-order valence-electron chi connectivity index (χ3n) is 3.89. The number of benzene rings is 2. The Labute approximate surface area is 168 Å². The molecule has 0 saturated carbocycles. The van der Waals surface area contributed by atoms with Crippen LogP contribution in [0.4, 0.5) is 5.69 Å². The molecule has 0 amide bonds. The van der Waals surface area contributed by atoms with E-state index in [9.17, 15) is 5.11 Å². The molecule has 1 aromatic heterocycles. The Kier molecular flexibility index (Phi) is 6.52. The monoisotopic (exact) mass is 392 g/mol. The molecule has 5 heteroatoms. The summed E-state index contributed by atoms with van der Waals surface area (Å²) in [6.45, 7) is 2.62. The van der Waals surface area contributed by atoms with Crippen molar-refractivity contribution in [1.82, 2.24) is 4.57 Å². The third-order valence-corrected chi connectivity index (χ3v) is 5.29. The fourth-order valence-corrected chi connectivity index (χ4v) is 3.66. The van der Waals surface area contributed by atoms with Gasteiger partial charge in [0, 0.05) is 6.21 Å². The van der Waals surface area contributed by atoms with Crippen LogP contribution < -0.4 is 0 Å². The molecule has 1 heterocycles. The number of rotatable bonds is 6. The summed E-state index contributed by atoms with van der Waals surface area (Å²) in [6, 6.07) is 18.0. The van der Waals surface area contributed by atoms with E-state index in [2.05, 4.69) is 11.9 Å². The second-order valence-corrected chi connectivity index (χ2v) is 7.66. The SMILES string of the molecule is Cc1ccc(N=C/C=C/C=C/c2sc(=S)n(Cc3ccccc3)c2O)cc1. The van der Waals surface area contributed by atoms with Crippen molar-refractivity contribution in [2.75, 3.05) is 0 Å². The summed E-state index contributed by atoms with van der Waals surface area (Å²) in [7, 11) is 0. The van der Waals surface area contributed by atoms with Crippen molar-refractivity contribution < 1.29 is 5.11 Å². The van der Waals surface area contributed by atoms with Crippen molar-refractivity contribution in [3.63, 3.8) is 0 Å². The first-order valence-corrected chi connectivity index (χ1v) is 9.76. The molecule has 27 heavy (non-hydrogen) atoms. The van der Waals surface area contributed by atoms with Gasteiger partial charge in [0.15, 0.2) is 3.95 Å². The minimum atomic E-state index is 0.201. The van der Waals surface area contributed by atoms with Gasteiger partial charge in [-0.2, -0.15) is 0 Å². The lowest BCUT2D eigenvalue weighted by atomic mass is 10.2. The van der Waals surface area contributed by atoms with Crippen LogP contribution in [0.5, 0.6) is 5.88 Å². The average molecular weight is 393 g/mol. The second kappa shape index (κ2) is 9.26. The number of hydrogen-bond donors (Lipinski definition) is 1. The molecule has 0 aliphatic carbocycles. The quantitative estimate of drug-likeness (QED) is 0.303. The molecule has 3 aromatic rings. The van der Waals surface area contributed by atoms with E-state index in [1.807, 2.05) is 78.9 Å². The Hall–Kier alpha value is -2.76. The molecule has 3 nitrogen and oxygen atoms in total. The van der Waals surface area contributed by atoms with Crippen molar-refractivity contribution in [2.24, 2.45) is 4.99 Å². The minimum absolute atomic E-state index is 0.201. The van der Waals surface area contributed by atoms with Crippen LogP contribution >= 0.6 is 23.6 Å². The van der Waals surface area contributed by atoms with E-state index in [4.69, 9.17) is 12.2 Å². The van der Waals surface area contributed by atoms with Gasteiger partial charge in [-0.15, -0.1) is 11.3 Å². The van der Waals surface area contributed by atoms with Crippen LogP contribution in [0.3, 0.4) is 0 Å². The molecule has 0 aliphatic rings. The maximum atomic E-state index is 10.4. The molecule has 0 atom stereocenters. The molecule has 136 valence electrons. The van der Waals surface area contributed by atoms with Crippen LogP contribution in [0.2, 0.25) is 0 Å². The highest BCUT2D eigenvalue weighted by molar-refractivity contribution is 7.73. The number of aliphatic imine (C=N–C) groups is 1. The van der Waals surface area contributed by atoms with E-state index >= 15 is 0 Å². The summed E-state index contributed by atoms with van der Waals surface area (Å²) >= 11 is 6.79. The van der Waals surface area contributed by atoms with Crippen LogP contribution in [0, 0.1) is 10.9 Å². The molecule has 3 rings (SSSR count). The number of aromatic hydroxyl groups is 1. The van der Waals surface area contributed by atoms with Crippen LogP contribution in [-0.2, 0) is 6.54 Å². The standard InChI is InChI=1S/C22H20N2OS2/c1-17-11-13-19(14-12-17)23-15-7-3-6-10-20-21(25)24(22(26)27-20)16-18-8-4-2-5-9-18/h2-15,25H,16H2,1H3/b7-3+,10-6+,23-15?. The van der Waals surface area contributed by atoms with Gasteiger partial charge in [0.25, 0.3) is 0 Å². The number of hydrogen-bond acceptors (Lipinski definition) is 4. The Bertz CT molecular complexity index is 1030. The van der Waals surface area contributed by atoms with Crippen molar-refractivity contribution in [3.8, 4) is 5.88 Å². The number of nitrogens with zero attached hydrogens (tertiary/aromatic N) is 2. The Morgan fingerprint density at radius 1 is 1.04 bits per heavy atom. The van der Waals surface area contributed by atoms with Crippen LogP contribution in [0.25, 0.3) is 6.08 Å². The maximum absolute atomic E-state index is 10.4. The molecule has 0 bridgehead atoms. The summed E-state index contributed by atoms with van der Waals surface area (Å²) in [4.78, 5) is 5.11. The van der Waals surface area contributed by atoms with Crippen molar-refractivity contribution in [2.45, 2.75) is 13.5 Å². The number of aryl methyl sites for hydroxylation is 1. The van der Waals surface area contributed by atoms with E-state index in [1.54, 1.807) is 10.8 Å². The fourth-order valence-electron chi connectivity index (χ4n) is 2.44. The van der Waals surface area contributed by atoms with Gasteiger partial charge in [-0.3, -0.25) is 9.56 Å². The van der Waals surface area contributed by atoms with Crippen LogP contribution in [-0.4, -0.2) is 15.9 Å². The zero-order chi connectivity index (χ0) is 19.1. The maximum Gasteiger partial charge on any atom is 0.210 e. The van der Waals surface area contributed by atoms with Gasteiger partial charge in [-0.1, -0.05) is 60.2 Å². The zero-order valence-electron chi connectivity index (χ0n) is 14.9. The summed E-state index contributed by atoms with van der Waals surface area (Å²) in [5.41, 5.74) is 3.24. The van der Waals surface area contributed by atoms with E-state index < -0.39 is 0 Å².